The molecule has 0 saturated carbocycles. The molecule has 2 atom stereocenters. The molecule has 3 rings (SSSR count). The minimum atomic E-state index is -0.539. The average Bonchev–Trinajstić information content (AvgIpc) is 2.47. The van der Waals surface area contributed by atoms with Crippen molar-refractivity contribution in [1.29, 1.82) is 0 Å². The van der Waals surface area contributed by atoms with Gasteiger partial charge in [-0.1, -0.05) is 18.6 Å². The lowest BCUT2D eigenvalue weighted by molar-refractivity contribution is -0.00596. The highest BCUT2D eigenvalue weighted by Gasteiger charge is 2.41. The summed E-state index contributed by atoms with van der Waals surface area (Å²) >= 11 is 2.09. The van der Waals surface area contributed by atoms with E-state index in [9.17, 15) is 5.11 Å². The smallest absolute Gasteiger partial charge is 0.161 e. The van der Waals surface area contributed by atoms with Crippen LogP contribution in [-0.2, 0) is 0 Å². The van der Waals surface area contributed by atoms with E-state index in [2.05, 4.69) is 11.8 Å². The van der Waals surface area contributed by atoms with Gasteiger partial charge >= 0.3 is 0 Å². The van der Waals surface area contributed by atoms with Gasteiger partial charge in [0.15, 0.2) is 11.5 Å². The number of benzene rings is 1. The third-order valence-electron chi connectivity index (χ3n) is 4.55. The molecule has 3 nitrogen and oxygen atoms in total. The molecule has 116 valence electrons. The first-order chi connectivity index (χ1) is 10.2. The van der Waals surface area contributed by atoms with Crippen molar-refractivity contribution in [3.05, 3.63) is 24.3 Å². The Labute approximate surface area is 131 Å². The van der Waals surface area contributed by atoms with Gasteiger partial charge in [0.25, 0.3) is 0 Å². The van der Waals surface area contributed by atoms with Crippen LogP contribution in [-0.4, -0.2) is 34.9 Å². The molecule has 1 N–H and O–H groups in total. The summed E-state index contributed by atoms with van der Waals surface area (Å²) in [5.41, 5.74) is -0.539. The maximum Gasteiger partial charge on any atom is 0.161 e. The molecule has 0 aromatic heterocycles. The van der Waals surface area contributed by atoms with Gasteiger partial charge in [0.1, 0.15) is 0 Å². The summed E-state index contributed by atoms with van der Waals surface area (Å²) in [5, 5.41) is 12.2. The third-order valence-corrected chi connectivity index (χ3v) is 6.12. The van der Waals surface area contributed by atoms with Crippen LogP contribution in [0.5, 0.6) is 11.5 Å². The highest BCUT2D eigenvalue weighted by molar-refractivity contribution is 8.00. The van der Waals surface area contributed by atoms with Crippen LogP contribution in [0, 0.1) is 0 Å². The summed E-state index contributed by atoms with van der Waals surface area (Å²) in [6, 6.07) is 7.67. The van der Waals surface area contributed by atoms with E-state index in [0.29, 0.717) is 23.5 Å². The molecule has 2 aliphatic rings. The van der Waals surface area contributed by atoms with Crippen LogP contribution < -0.4 is 9.47 Å². The number of hydrogen-bond acceptors (Lipinski definition) is 4. The molecule has 1 aromatic rings. The summed E-state index contributed by atoms with van der Waals surface area (Å²) in [6.07, 6.45) is 6.40. The zero-order chi connectivity index (χ0) is 14.7. The van der Waals surface area contributed by atoms with E-state index < -0.39 is 5.60 Å². The van der Waals surface area contributed by atoms with Gasteiger partial charge < -0.3 is 14.6 Å². The SMILES string of the molecule is COc1ccccc1OCCC1(O)CC2CCCC(C1)S2. The summed E-state index contributed by atoms with van der Waals surface area (Å²) in [4.78, 5) is 0. The van der Waals surface area contributed by atoms with E-state index >= 15 is 0 Å². The predicted octanol–water partition coefficient (Wildman–Crippen LogP) is 3.64. The molecular weight excluding hydrogens is 284 g/mol. The molecule has 1 aromatic carbocycles. The van der Waals surface area contributed by atoms with E-state index in [1.165, 1.54) is 19.3 Å². The Bertz CT molecular complexity index is 465. The maximum atomic E-state index is 10.9. The zero-order valence-corrected chi connectivity index (χ0v) is 13.4. The van der Waals surface area contributed by atoms with Crippen molar-refractivity contribution in [1.82, 2.24) is 0 Å². The van der Waals surface area contributed by atoms with Gasteiger partial charge in [0, 0.05) is 16.9 Å². The number of aliphatic hydroxyl groups is 1. The van der Waals surface area contributed by atoms with Crippen molar-refractivity contribution >= 4 is 11.8 Å². The van der Waals surface area contributed by atoms with Crippen LogP contribution in [0.25, 0.3) is 0 Å². The topological polar surface area (TPSA) is 38.7 Å². The van der Waals surface area contributed by atoms with Gasteiger partial charge in [-0.15, -0.1) is 0 Å². The zero-order valence-electron chi connectivity index (χ0n) is 12.6. The van der Waals surface area contributed by atoms with Crippen molar-refractivity contribution in [2.24, 2.45) is 0 Å². The Morgan fingerprint density at radius 3 is 2.52 bits per heavy atom. The monoisotopic (exact) mass is 308 g/mol. The average molecular weight is 308 g/mol. The third kappa shape index (κ3) is 3.67. The molecule has 0 spiro atoms. The van der Waals surface area contributed by atoms with Crippen molar-refractivity contribution in [3.8, 4) is 11.5 Å². The molecule has 21 heavy (non-hydrogen) atoms. The van der Waals surface area contributed by atoms with Crippen LogP contribution in [0.1, 0.15) is 38.5 Å². The quantitative estimate of drug-likeness (QED) is 0.901. The van der Waals surface area contributed by atoms with Crippen LogP contribution in [0.3, 0.4) is 0 Å². The van der Waals surface area contributed by atoms with Crippen LogP contribution in [0.4, 0.5) is 0 Å². The predicted molar refractivity (Wildman–Crippen MR) is 86.3 cm³/mol. The summed E-state index contributed by atoms with van der Waals surface area (Å²) < 4.78 is 11.1. The highest BCUT2D eigenvalue weighted by Crippen LogP contribution is 2.46. The lowest BCUT2D eigenvalue weighted by Gasteiger charge is -2.43. The summed E-state index contributed by atoms with van der Waals surface area (Å²) in [5.74, 6) is 1.51. The number of methoxy groups -OCH3 is 1. The van der Waals surface area contributed by atoms with E-state index in [1.807, 2.05) is 24.3 Å². The minimum absolute atomic E-state index is 0.539. The Balaban J connectivity index is 1.55. The number of ether oxygens (including phenoxy) is 2. The first-order valence-corrected chi connectivity index (χ1v) is 8.76. The first kappa shape index (κ1) is 15.0. The van der Waals surface area contributed by atoms with Crippen LogP contribution in [0.2, 0.25) is 0 Å². The van der Waals surface area contributed by atoms with Crippen LogP contribution in [0.15, 0.2) is 24.3 Å². The van der Waals surface area contributed by atoms with E-state index in [0.717, 1.165) is 24.3 Å². The lowest BCUT2D eigenvalue weighted by atomic mass is 9.83. The second-order valence-corrected chi connectivity index (χ2v) is 7.80. The Hall–Kier alpha value is -0.870. The molecule has 0 radical (unpaired) electrons. The lowest BCUT2D eigenvalue weighted by Crippen LogP contribution is -2.43. The molecule has 2 fully saturated rings. The number of fused-ring (bicyclic) bond motifs is 2. The van der Waals surface area contributed by atoms with Crippen molar-refractivity contribution in [2.45, 2.75) is 54.6 Å². The van der Waals surface area contributed by atoms with E-state index in [-0.39, 0.29) is 0 Å². The molecule has 0 aliphatic carbocycles. The molecule has 4 heteroatoms. The van der Waals surface area contributed by atoms with Crippen LogP contribution >= 0.6 is 11.8 Å². The Morgan fingerprint density at radius 1 is 1.19 bits per heavy atom. The fourth-order valence-electron chi connectivity index (χ4n) is 3.51. The molecule has 2 unspecified atom stereocenters. The van der Waals surface area contributed by atoms with Gasteiger partial charge in [-0.3, -0.25) is 0 Å². The molecule has 2 saturated heterocycles. The van der Waals surface area contributed by atoms with Gasteiger partial charge in [-0.05, 0) is 37.8 Å². The molecule has 2 aliphatic heterocycles. The van der Waals surface area contributed by atoms with Gasteiger partial charge in [-0.2, -0.15) is 11.8 Å². The van der Waals surface area contributed by atoms with Crippen molar-refractivity contribution in [3.63, 3.8) is 0 Å². The number of hydrogen-bond donors (Lipinski definition) is 1. The Kier molecular flexibility index (Phi) is 4.65. The van der Waals surface area contributed by atoms with Crippen molar-refractivity contribution in [2.75, 3.05) is 13.7 Å². The molecule has 0 amide bonds. The fraction of sp³-hybridized carbons (Fsp3) is 0.647. The van der Waals surface area contributed by atoms with Gasteiger partial charge in [0.2, 0.25) is 0 Å². The fourth-order valence-corrected chi connectivity index (χ4v) is 5.47. The second-order valence-electron chi connectivity index (χ2n) is 6.19. The largest absolute Gasteiger partial charge is 0.493 e. The summed E-state index contributed by atoms with van der Waals surface area (Å²) in [7, 11) is 1.65. The van der Waals surface area contributed by atoms with Crippen molar-refractivity contribution < 1.29 is 14.6 Å². The molecule has 2 heterocycles. The highest BCUT2D eigenvalue weighted by atomic mass is 32.2. The van der Waals surface area contributed by atoms with Gasteiger partial charge in [-0.25, -0.2) is 0 Å². The first-order valence-electron chi connectivity index (χ1n) is 7.82. The number of thioether (sulfide) groups is 1. The van der Waals surface area contributed by atoms with Gasteiger partial charge in [0.05, 0.1) is 19.3 Å². The number of para-hydroxylation sites is 2. The standard InChI is InChI=1S/C17H24O3S/c1-19-15-7-2-3-8-16(15)20-10-9-17(18)11-13-5-4-6-14(12-17)21-13/h2-3,7-8,13-14,18H,4-6,9-12H2,1H3. The minimum Gasteiger partial charge on any atom is -0.493 e. The molecular formula is C17H24O3S. The maximum absolute atomic E-state index is 10.9. The number of rotatable bonds is 5. The Morgan fingerprint density at radius 2 is 1.86 bits per heavy atom. The normalized spacial score (nSPS) is 31.7. The molecule has 2 bridgehead atoms. The summed E-state index contributed by atoms with van der Waals surface area (Å²) in [6.45, 7) is 0.543. The second kappa shape index (κ2) is 6.49. The van der Waals surface area contributed by atoms with E-state index in [4.69, 9.17) is 9.47 Å². The van der Waals surface area contributed by atoms with E-state index in [1.54, 1.807) is 7.11 Å².